The van der Waals surface area contributed by atoms with Gasteiger partial charge in [0.1, 0.15) is 10.8 Å². The van der Waals surface area contributed by atoms with Gasteiger partial charge in [0.2, 0.25) is 10.0 Å². The van der Waals surface area contributed by atoms with Crippen molar-refractivity contribution in [3.8, 4) is 10.6 Å². The summed E-state index contributed by atoms with van der Waals surface area (Å²) in [6, 6.07) is 6.54. The van der Waals surface area contributed by atoms with Gasteiger partial charge < -0.3 is 0 Å². The molecule has 0 fully saturated rings. The normalized spacial score (nSPS) is 17.0. The maximum absolute atomic E-state index is 13.9. The van der Waals surface area contributed by atoms with Crippen molar-refractivity contribution in [3.05, 3.63) is 40.7 Å². The number of aromatic nitrogens is 1. The van der Waals surface area contributed by atoms with Crippen LogP contribution in [0.25, 0.3) is 10.6 Å². The van der Waals surface area contributed by atoms with Crippen LogP contribution in [0.1, 0.15) is 30.8 Å². The molecule has 1 aliphatic heterocycles. The molecule has 0 radical (unpaired) electrons. The van der Waals surface area contributed by atoms with Crippen LogP contribution in [0.2, 0.25) is 0 Å². The van der Waals surface area contributed by atoms with E-state index in [1.54, 1.807) is 25.1 Å². The second-order valence-electron chi connectivity index (χ2n) is 5.72. The van der Waals surface area contributed by atoms with Crippen LogP contribution >= 0.6 is 11.3 Å². The molecule has 4 nitrogen and oxygen atoms in total. The van der Waals surface area contributed by atoms with E-state index in [1.165, 1.54) is 21.7 Å². The van der Waals surface area contributed by atoms with Crippen molar-refractivity contribution in [1.82, 2.24) is 9.29 Å². The Hall–Kier alpha value is -1.31. The van der Waals surface area contributed by atoms with Crippen LogP contribution in [-0.2, 0) is 23.0 Å². The Kier molecular flexibility index (Phi) is 4.53. The Morgan fingerprint density at radius 3 is 2.83 bits per heavy atom. The number of hydrogen-bond acceptors (Lipinski definition) is 4. The van der Waals surface area contributed by atoms with Crippen molar-refractivity contribution in [2.45, 2.75) is 38.5 Å². The molecule has 23 heavy (non-hydrogen) atoms. The number of thiazole rings is 1. The molecular formula is C16H19FN2O2S2. The quantitative estimate of drug-likeness (QED) is 0.845. The molecule has 0 N–H and O–H groups in total. The smallest absolute Gasteiger partial charge is 0.217 e. The molecule has 0 amide bonds. The lowest BCUT2D eigenvalue weighted by atomic mass is 10.2. The highest BCUT2D eigenvalue weighted by Gasteiger charge is 2.32. The molecule has 0 spiro atoms. The number of benzene rings is 1. The van der Waals surface area contributed by atoms with E-state index in [-0.39, 0.29) is 11.1 Å². The summed E-state index contributed by atoms with van der Waals surface area (Å²) in [6.07, 6.45) is 1.17. The maximum Gasteiger partial charge on any atom is 0.217 e. The number of halogens is 1. The molecular weight excluding hydrogens is 335 g/mol. The molecule has 0 aliphatic carbocycles. The van der Waals surface area contributed by atoms with Crippen LogP contribution < -0.4 is 0 Å². The van der Waals surface area contributed by atoms with Gasteiger partial charge in [-0.2, -0.15) is 4.31 Å². The van der Waals surface area contributed by atoms with Crippen molar-refractivity contribution >= 4 is 21.4 Å². The zero-order chi connectivity index (χ0) is 16.6. The second kappa shape index (κ2) is 6.30. The Morgan fingerprint density at radius 2 is 2.13 bits per heavy atom. The third-order valence-electron chi connectivity index (χ3n) is 4.24. The second-order valence-corrected chi connectivity index (χ2v) is 9.15. The monoisotopic (exact) mass is 354 g/mol. The van der Waals surface area contributed by atoms with E-state index in [1.807, 2.05) is 6.92 Å². The topological polar surface area (TPSA) is 50.3 Å². The van der Waals surface area contributed by atoms with Crippen LogP contribution in [-0.4, -0.2) is 29.5 Å². The van der Waals surface area contributed by atoms with E-state index in [4.69, 9.17) is 0 Å². The fraction of sp³-hybridized carbons (Fsp3) is 0.438. The highest BCUT2D eigenvalue weighted by molar-refractivity contribution is 7.89. The molecule has 1 aromatic heterocycles. The van der Waals surface area contributed by atoms with Gasteiger partial charge >= 0.3 is 0 Å². The first-order chi connectivity index (χ1) is 10.9. The maximum atomic E-state index is 13.9. The minimum Gasteiger partial charge on any atom is -0.241 e. The summed E-state index contributed by atoms with van der Waals surface area (Å²) in [4.78, 5) is 5.44. The minimum absolute atomic E-state index is 0.303. The number of sulfonamides is 1. The van der Waals surface area contributed by atoms with Gasteiger partial charge in [0.15, 0.2) is 0 Å². The Balaban J connectivity index is 1.90. The summed E-state index contributed by atoms with van der Waals surface area (Å²) >= 11 is 1.38. The highest BCUT2D eigenvalue weighted by Crippen LogP contribution is 2.34. The average molecular weight is 354 g/mol. The largest absolute Gasteiger partial charge is 0.241 e. The third kappa shape index (κ3) is 3.05. The number of hydrogen-bond donors (Lipinski definition) is 0. The molecule has 2 aromatic rings. The first-order valence-electron chi connectivity index (χ1n) is 7.66. The van der Waals surface area contributed by atoms with Gasteiger partial charge in [-0.25, -0.2) is 17.8 Å². The van der Waals surface area contributed by atoms with E-state index < -0.39 is 10.0 Å². The van der Waals surface area contributed by atoms with Crippen molar-refractivity contribution < 1.29 is 12.8 Å². The van der Waals surface area contributed by atoms with Crippen LogP contribution in [0.3, 0.4) is 0 Å². The molecule has 7 heteroatoms. The predicted molar refractivity (Wildman–Crippen MR) is 90.3 cm³/mol. The molecule has 1 aromatic carbocycles. The van der Waals surface area contributed by atoms with Crippen LogP contribution in [0.5, 0.6) is 0 Å². The summed E-state index contributed by atoms with van der Waals surface area (Å²) in [5.41, 5.74) is 1.37. The summed E-state index contributed by atoms with van der Waals surface area (Å²) < 4.78 is 40.5. The molecule has 124 valence electrons. The van der Waals surface area contributed by atoms with E-state index >= 15 is 0 Å². The Morgan fingerprint density at radius 1 is 1.39 bits per heavy atom. The lowest BCUT2D eigenvalue weighted by Crippen LogP contribution is -2.40. The van der Waals surface area contributed by atoms with E-state index in [0.29, 0.717) is 36.5 Å². The van der Waals surface area contributed by atoms with Gasteiger partial charge in [-0.15, -0.1) is 11.3 Å². The van der Waals surface area contributed by atoms with Crippen LogP contribution in [0, 0.1) is 5.82 Å². The van der Waals surface area contributed by atoms with Gasteiger partial charge in [0.25, 0.3) is 0 Å². The molecule has 1 atom stereocenters. The summed E-state index contributed by atoms with van der Waals surface area (Å²) in [5, 5.41) is 0.235. The first kappa shape index (κ1) is 16.5. The Labute approximate surface area is 140 Å². The van der Waals surface area contributed by atoms with Crippen LogP contribution in [0.4, 0.5) is 4.39 Å². The lowest BCUT2D eigenvalue weighted by molar-refractivity contribution is 0.386. The summed E-state index contributed by atoms with van der Waals surface area (Å²) in [7, 11) is -3.28. The molecule has 1 unspecified atom stereocenters. The fourth-order valence-corrected chi connectivity index (χ4v) is 5.42. The van der Waals surface area contributed by atoms with Gasteiger partial charge in [-0.1, -0.05) is 19.1 Å². The standard InChI is InChI=1S/C16H19FN2O2S2/c1-3-11(2)23(20,21)19-9-8-14-15(10-19)22-16(18-14)12-6-4-5-7-13(12)17/h4-7,11H,3,8-10H2,1-2H3. The van der Waals surface area contributed by atoms with E-state index in [2.05, 4.69) is 4.98 Å². The zero-order valence-corrected chi connectivity index (χ0v) is 14.8. The van der Waals surface area contributed by atoms with Crippen molar-refractivity contribution in [2.24, 2.45) is 0 Å². The minimum atomic E-state index is -3.28. The summed E-state index contributed by atoms with van der Waals surface area (Å²) in [5.74, 6) is -0.303. The molecule has 0 bridgehead atoms. The fourth-order valence-electron chi connectivity index (χ4n) is 2.60. The predicted octanol–water partition coefficient (Wildman–Crippen LogP) is 3.44. The van der Waals surface area contributed by atoms with Crippen molar-refractivity contribution in [1.29, 1.82) is 0 Å². The van der Waals surface area contributed by atoms with Crippen molar-refractivity contribution in [3.63, 3.8) is 0 Å². The molecule has 0 saturated heterocycles. The molecule has 1 aliphatic rings. The van der Waals surface area contributed by atoms with Crippen LogP contribution in [0.15, 0.2) is 24.3 Å². The highest BCUT2D eigenvalue weighted by atomic mass is 32.2. The van der Waals surface area contributed by atoms with E-state index in [9.17, 15) is 12.8 Å². The van der Waals surface area contributed by atoms with E-state index in [0.717, 1.165) is 10.6 Å². The van der Waals surface area contributed by atoms with Gasteiger partial charge in [0.05, 0.1) is 10.9 Å². The molecule has 2 heterocycles. The number of nitrogens with zero attached hydrogens (tertiary/aromatic N) is 2. The zero-order valence-electron chi connectivity index (χ0n) is 13.1. The lowest BCUT2D eigenvalue weighted by Gasteiger charge is -2.27. The Bertz CT molecular complexity index is 817. The summed E-state index contributed by atoms with van der Waals surface area (Å²) in [6.45, 7) is 4.40. The SMILES string of the molecule is CCC(C)S(=O)(=O)N1CCc2nc(-c3ccccc3F)sc2C1. The van der Waals surface area contributed by atoms with Crippen molar-refractivity contribution in [2.75, 3.05) is 6.54 Å². The first-order valence-corrected chi connectivity index (χ1v) is 9.98. The average Bonchev–Trinajstić information content (AvgIpc) is 2.97. The van der Waals surface area contributed by atoms with Gasteiger partial charge in [-0.3, -0.25) is 0 Å². The molecule has 0 saturated carbocycles. The molecule has 3 rings (SSSR count). The third-order valence-corrected chi connectivity index (χ3v) is 7.74. The number of rotatable bonds is 4. The number of fused-ring (bicyclic) bond motifs is 1. The van der Waals surface area contributed by atoms with Gasteiger partial charge in [0, 0.05) is 30.0 Å². The van der Waals surface area contributed by atoms with Gasteiger partial charge in [-0.05, 0) is 25.5 Å².